The fourth-order valence-corrected chi connectivity index (χ4v) is 2.27. The number of carbonyl (C=O) groups is 1. The number of halogens is 2. The summed E-state index contributed by atoms with van der Waals surface area (Å²) < 4.78 is 20.1. The Kier molecular flexibility index (Phi) is 5.17. The van der Waals surface area contributed by atoms with Crippen molar-refractivity contribution in [3.05, 3.63) is 53.3 Å². The topological polar surface area (TPSA) is 46.5 Å². The molecule has 0 aliphatic rings. The summed E-state index contributed by atoms with van der Waals surface area (Å²) in [6.45, 7) is 2.27. The molecule has 21 heavy (non-hydrogen) atoms. The largest absolute Gasteiger partial charge is 0.490 e. The first-order valence-electron chi connectivity index (χ1n) is 6.35. The molecular weight excluding hydrogens is 386 g/mol. The SMILES string of the molecule is Cc1cc(C(=O)O)ccc1-c1ccc(OCCI)c(F)c1. The smallest absolute Gasteiger partial charge is 0.335 e. The number of alkyl halides is 1. The number of hydrogen-bond donors (Lipinski definition) is 1. The van der Waals surface area contributed by atoms with Crippen LogP contribution >= 0.6 is 22.6 Å². The molecule has 0 aliphatic carbocycles. The van der Waals surface area contributed by atoms with E-state index in [2.05, 4.69) is 22.6 Å². The molecule has 2 aromatic rings. The van der Waals surface area contributed by atoms with E-state index in [1.165, 1.54) is 12.1 Å². The molecule has 2 rings (SSSR count). The molecule has 0 amide bonds. The average Bonchev–Trinajstić information content (AvgIpc) is 2.45. The minimum Gasteiger partial charge on any atom is -0.490 e. The van der Waals surface area contributed by atoms with Crippen molar-refractivity contribution in [2.75, 3.05) is 11.0 Å². The monoisotopic (exact) mass is 400 g/mol. The quantitative estimate of drug-likeness (QED) is 0.601. The highest BCUT2D eigenvalue weighted by Crippen LogP contribution is 2.28. The second-order valence-corrected chi connectivity index (χ2v) is 5.60. The number of rotatable bonds is 5. The number of carboxylic acid groups (broad SMARTS) is 1. The van der Waals surface area contributed by atoms with E-state index in [1.54, 1.807) is 31.2 Å². The number of aromatic carboxylic acids is 1. The predicted octanol–water partition coefficient (Wildman–Crippen LogP) is 4.31. The number of benzene rings is 2. The van der Waals surface area contributed by atoms with Gasteiger partial charge in [-0.05, 0) is 47.9 Å². The Balaban J connectivity index is 2.34. The molecule has 0 aromatic heterocycles. The maximum absolute atomic E-state index is 14.0. The molecule has 0 unspecified atom stereocenters. The Morgan fingerprint density at radius 2 is 2.05 bits per heavy atom. The van der Waals surface area contributed by atoms with E-state index >= 15 is 0 Å². The van der Waals surface area contributed by atoms with Crippen LogP contribution in [0.1, 0.15) is 15.9 Å². The summed E-state index contributed by atoms with van der Waals surface area (Å²) in [5.41, 5.74) is 2.51. The van der Waals surface area contributed by atoms with Gasteiger partial charge in [-0.15, -0.1) is 0 Å². The lowest BCUT2D eigenvalue weighted by molar-refractivity contribution is 0.0697. The van der Waals surface area contributed by atoms with Crippen LogP contribution in [0.5, 0.6) is 5.75 Å². The van der Waals surface area contributed by atoms with Gasteiger partial charge in [-0.1, -0.05) is 34.7 Å². The van der Waals surface area contributed by atoms with Crippen LogP contribution in [0.2, 0.25) is 0 Å². The molecule has 0 fully saturated rings. The van der Waals surface area contributed by atoms with Gasteiger partial charge in [0.25, 0.3) is 0 Å². The van der Waals surface area contributed by atoms with Gasteiger partial charge >= 0.3 is 5.97 Å². The van der Waals surface area contributed by atoms with Gasteiger partial charge in [0.15, 0.2) is 11.6 Å². The van der Waals surface area contributed by atoms with E-state index in [4.69, 9.17) is 9.84 Å². The van der Waals surface area contributed by atoms with Crippen molar-refractivity contribution in [1.29, 1.82) is 0 Å². The Bertz CT molecular complexity index is 671. The summed E-state index contributed by atoms with van der Waals surface area (Å²) >= 11 is 2.16. The van der Waals surface area contributed by atoms with Gasteiger partial charge < -0.3 is 9.84 Å². The standard InChI is InChI=1S/C16H14FIO3/c1-10-8-12(16(19)20)2-4-13(10)11-3-5-15(14(17)9-11)21-7-6-18/h2-5,8-9H,6-7H2,1H3,(H,19,20). The third-order valence-electron chi connectivity index (χ3n) is 3.05. The first-order valence-corrected chi connectivity index (χ1v) is 7.88. The molecule has 0 atom stereocenters. The van der Waals surface area contributed by atoms with Gasteiger partial charge in [-0.2, -0.15) is 0 Å². The van der Waals surface area contributed by atoms with Crippen LogP contribution < -0.4 is 4.74 Å². The van der Waals surface area contributed by atoms with Crippen molar-refractivity contribution in [3.8, 4) is 16.9 Å². The maximum atomic E-state index is 14.0. The van der Waals surface area contributed by atoms with Gasteiger partial charge in [-0.3, -0.25) is 0 Å². The van der Waals surface area contributed by atoms with Gasteiger partial charge in [0.2, 0.25) is 0 Å². The van der Waals surface area contributed by atoms with Crippen LogP contribution in [0.25, 0.3) is 11.1 Å². The van der Waals surface area contributed by atoms with Gasteiger partial charge in [-0.25, -0.2) is 9.18 Å². The van der Waals surface area contributed by atoms with Crippen LogP contribution in [0, 0.1) is 12.7 Å². The Labute approximate surface area is 135 Å². The summed E-state index contributed by atoms with van der Waals surface area (Å²) in [6, 6.07) is 9.57. The number of aryl methyl sites for hydroxylation is 1. The lowest BCUT2D eigenvalue weighted by atomic mass is 9.98. The molecule has 110 valence electrons. The summed E-state index contributed by atoms with van der Waals surface area (Å²) in [6.07, 6.45) is 0. The molecule has 0 spiro atoms. The van der Waals surface area contributed by atoms with Crippen LogP contribution in [0.4, 0.5) is 4.39 Å². The van der Waals surface area contributed by atoms with Crippen LogP contribution in [-0.2, 0) is 0 Å². The van der Waals surface area contributed by atoms with Gasteiger partial charge in [0.1, 0.15) is 0 Å². The highest BCUT2D eigenvalue weighted by Gasteiger charge is 2.10. The van der Waals surface area contributed by atoms with Crippen molar-refractivity contribution < 1.29 is 19.0 Å². The van der Waals surface area contributed by atoms with Crippen molar-refractivity contribution in [2.45, 2.75) is 6.92 Å². The van der Waals surface area contributed by atoms with E-state index < -0.39 is 11.8 Å². The minimum absolute atomic E-state index is 0.221. The first kappa shape index (κ1) is 15.8. The zero-order valence-electron chi connectivity index (χ0n) is 11.4. The molecule has 2 aromatic carbocycles. The van der Waals surface area contributed by atoms with Gasteiger partial charge in [0, 0.05) is 4.43 Å². The van der Waals surface area contributed by atoms with E-state index in [0.717, 1.165) is 15.6 Å². The molecule has 0 aliphatic heterocycles. The minimum atomic E-state index is -0.974. The van der Waals surface area contributed by atoms with Crippen molar-refractivity contribution in [3.63, 3.8) is 0 Å². The molecule has 0 saturated carbocycles. The molecular formula is C16H14FIO3. The maximum Gasteiger partial charge on any atom is 0.335 e. The third-order valence-corrected chi connectivity index (χ3v) is 3.49. The van der Waals surface area contributed by atoms with Crippen molar-refractivity contribution in [1.82, 2.24) is 0 Å². The highest BCUT2D eigenvalue weighted by molar-refractivity contribution is 14.1. The van der Waals surface area contributed by atoms with E-state index in [9.17, 15) is 9.18 Å². The number of carboxylic acids is 1. The van der Waals surface area contributed by atoms with Gasteiger partial charge in [0.05, 0.1) is 12.2 Å². The molecule has 0 radical (unpaired) electrons. The predicted molar refractivity (Wildman–Crippen MR) is 87.9 cm³/mol. The lowest BCUT2D eigenvalue weighted by Crippen LogP contribution is -2.00. The summed E-state index contributed by atoms with van der Waals surface area (Å²) in [7, 11) is 0. The van der Waals surface area contributed by atoms with Crippen molar-refractivity contribution >= 4 is 28.6 Å². The second-order valence-electron chi connectivity index (χ2n) is 4.52. The summed E-state index contributed by atoms with van der Waals surface area (Å²) in [5, 5.41) is 8.96. The number of ether oxygens (including phenoxy) is 1. The van der Waals surface area contributed by atoms with Crippen LogP contribution in [0.15, 0.2) is 36.4 Å². The molecule has 5 heteroatoms. The fourth-order valence-electron chi connectivity index (χ4n) is 2.05. The zero-order chi connectivity index (χ0) is 15.4. The van der Waals surface area contributed by atoms with Crippen molar-refractivity contribution in [2.24, 2.45) is 0 Å². The van der Waals surface area contributed by atoms with Crippen LogP contribution in [-0.4, -0.2) is 22.1 Å². The Hall–Kier alpha value is -1.63. The number of hydrogen-bond acceptors (Lipinski definition) is 2. The summed E-state index contributed by atoms with van der Waals surface area (Å²) in [5.74, 6) is -1.16. The van der Waals surface area contributed by atoms with E-state index in [-0.39, 0.29) is 11.3 Å². The molecule has 0 heterocycles. The fraction of sp³-hybridized carbons (Fsp3) is 0.188. The van der Waals surface area contributed by atoms with E-state index in [1.807, 2.05) is 0 Å². The molecule has 1 N–H and O–H groups in total. The second kappa shape index (κ2) is 6.89. The molecule has 0 bridgehead atoms. The highest BCUT2D eigenvalue weighted by atomic mass is 127. The van der Waals surface area contributed by atoms with E-state index in [0.29, 0.717) is 12.2 Å². The van der Waals surface area contributed by atoms with Crippen LogP contribution in [0.3, 0.4) is 0 Å². The molecule has 3 nitrogen and oxygen atoms in total. The Morgan fingerprint density at radius 3 is 2.62 bits per heavy atom. The normalized spacial score (nSPS) is 10.4. The summed E-state index contributed by atoms with van der Waals surface area (Å²) in [4.78, 5) is 10.9. The molecule has 0 saturated heterocycles. The Morgan fingerprint density at radius 1 is 1.29 bits per heavy atom. The third kappa shape index (κ3) is 3.72. The lowest BCUT2D eigenvalue weighted by Gasteiger charge is -2.10. The first-order chi connectivity index (χ1) is 10.0. The zero-order valence-corrected chi connectivity index (χ0v) is 13.6. The average molecular weight is 400 g/mol.